The van der Waals surface area contributed by atoms with E-state index in [1.165, 1.54) is 38.2 Å². The first-order chi connectivity index (χ1) is 11.8. The van der Waals surface area contributed by atoms with Crippen LogP contribution in [0.1, 0.15) is 17.3 Å². The van der Waals surface area contributed by atoms with Crippen LogP contribution in [0.15, 0.2) is 16.6 Å². The summed E-state index contributed by atoms with van der Waals surface area (Å²) >= 11 is 3.30. The Labute approximate surface area is 154 Å². The number of hydrogen-bond donors (Lipinski definition) is 1. The lowest BCUT2D eigenvalue weighted by atomic mass is 10.2. The normalized spacial score (nSPS) is 9.96. The lowest BCUT2D eigenvalue weighted by Crippen LogP contribution is -2.39. The number of likely N-dealkylation sites (N-methyl/N-ethyl adjacent to an activating group) is 2. The van der Waals surface area contributed by atoms with Crippen molar-refractivity contribution < 1.29 is 28.6 Å². The maximum absolute atomic E-state index is 12.2. The molecule has 1 N–H and O–H groups in total. The molecule has 9 heteroatoms. The van der Waals surface area contributed by atoms with Gasteiger partial charge in [0.2, 0.25) is 5.91 Å². The lowest BCUT2D eigenvalue weighted by molar-refractivity contribution is -0.137. The van der Waals surface area contributed by atoms with E-state index >= 15 is 0 Å². The van der Waals surface area contributed by atoms with E-state index in [1.807, 2.05) is 0 Å². The highest BCUT2D eigenvalue weighted by Gasteiger charge is 2.19. The second-order valence-electron chi connectivity index (χ2n) is 4.92. The Bertz CT molecular complexity index is 650. The quantitative estimate of drug-likeness (QED) is 0.640. The Hall–Kier alpha value is -2.29. The van der Waals surface area contributed by atoms with E-state index in [9.17, 15) is 14.4 Å². The number of halogens is 1. The molecule has 0 heterocycles. The number of ether oxygens (including phenoxy) is 3. The van der Waals surface area contributed by atoms with Gasteiger partial charge in [-0.25, -0.2) is 4.79 Å². The largest absolute Gasteiger partial charge is 0.492 e. The molecule has 0 spiro atoms. The first-order valence-corrected chi connectivity index (χ1v) is 8.25. The molecule has 8 nitrogen and oxygen atoms in total. The number of nitrogens with zero attached hydrogens (tertiary/aromatic N) is 1. The summed E-state index contributed by atoms with van der Waals surface area (Å²) in [6.07, 6.45) is 0. The van der Waals surface area contributed by atoms with Gasteiger partial charge in [0.1, 0.15) is 0 Å². The molecule has 0 unspecified atom stereocenters. The van der Waals surface area contributed by atoms with Crippen molar-refractivity contribution in [1.82, 2.24) is 10.2 Å². The second kappa shape index (κ2) is 9.87. The predicted octanol–water partition coefficient (Wildman–Crippen LogP) is 1.22. The monoisotopic (exact) mass is 416 g/mol. The van der Waals surface area contributed by atoms with Gasteiger partial charge in [-0.2, -0.15) is 0 Å². The molecule has 0 atom stereocenters. The minimum absolute atomic E-state index is 0.116. The van der Waals surface area contributed by atoms with E-state index in [-0.39, 0.29) is 18.0 Å². The molecule has 0 radical (unpaired) electrons. The predicted molar refractivity (Wildman–Crippen MR) is 93.8 cm³/mol. The van der Waals surface area contributed by atoms with Crippen molar-refractivity contribution in [2.75, 3.05) is 41.0 Å². The fraction of sp³-hybridized carbons (Fsp3) is 0.438. The number of rotatable bonds is 8. The molecular formula is C16H21BrN2O6. The fourth-order valence-electron chi connectivity index (χ4n) is 1.85. The van der Waals surface area contributed by atoms with Gasteiger partial charge >= 0.3 is 5.97 Å². The zero-order valence-corrected chi connectivity index (χ0v) is 16.1. The van der Waals surface area contributed by atoms with Crippen LogP contribution in [0.25, 0.3) is 0 Å². The van der Waals surface area contributed by atoms with Gasteiger partial charge in [0.25, 0.3) is 5.91 Å². The molecule has 0 saturated carbocycles. The van der Waals surface area contributed by atoms with Gasteiger partial charge in [-0.05, 0) is 35.0 Å². The zero-order valence-electron chi connectivity index (χ0n) is 14.6. The van der Waals surface area contributed by atoms with Gasteiger partial charge in [0.05, 0.1) is 30.3 Å². The Morgan fingerprint density at radius 1 is 1.28 bits per heavy atom. The molecule has 138 valence electrons. The van der Waals surface area contributed by atoms with Crippen LogP contribution < -0.4 is 14.8 Å². The summed E-state index contributed by atoms with van der Waals surface area (Å²) in [5.41, 5.74) is 0.206. The van der Waals surface area contributed by atoms with Crippen molar-refractivity contribution in [3.63, 3.8) is 0 Å². The average molecular weight is 417 g/mol. The molecule has 0 aromatic heterocycles. The van der Waals surface area contributed by atoms with E-state index in [0.29, 0.717) is 22.6 Å². The van der Waals surface area contributed by atoms with Crippen LogP contribution >= 0.6 is 15.9 Å². The minimum atomic E-state index is -0.689. The summed E-state index contributed by atoms with van der Waals surface area (Å²) in [5, 5.41) is 2.41. The van der Waals surface area contributed by atoms with E-state index in [0.717, 1.165) is 0 Å². The van der Waals surface area contributed by atoms with Crippen LogP contribution in [0.3, 0.4) is 0 Å². The van der Waals surface area contributed by atoms with E-state index in [2.05, 4.69) is 21.2 Å². The van der Waals surface area contributed by atoms with Crippen LogP contribution in [-0.4, -0.2) is 63.6 Å². The smallest absolute Gasteiger partial charge is 0.338 e. The van der Waals surface area contributed by atoms with Crippen molar-refractivity contribution in [3.05, 3.63) is 22.2 Å². The maximum atomic E-state index is 12.2. The standard InChI is InChI=1S/C16H21BrN2O6/c1-5-24-12-7-10(6-11(17)15(12)23-4)16(22)25-9-14(21)19(3)8-13(20)18-2/h6-7H,5,8-9H2,1-4H3,(H,18,20). The van der Waals surface area contributed by atoms with Crippen molar-refractivity contribution in [1.29, 1.82) is 0 Å². The number of benzene rings is 1. The summed E-state index contributed by atoms with van der Waals surface area (Å²) in [6, 6.07) is 3.00. The number of carbonyl (C=O) groups excluding carboxylic acids is 3. The minimum Gasteiger partial charge on any atom is -0.492 e. The van der Waals surface area contributed by atoms with Crippen LogP contribution in [0.2, 0.25) is 0 Å². The molecule has 2 amide bonds. The molecule has 0 saturated heterocycles. The van der Waals surface area contributed by atoms with E-state index < -0.39 is 18.5 Å². The van der Waals surface area contributed by atoms with Crippen molar-refractivity contribution in [2.24, 2.45) is 0 Å². The third-order valence-corrected chi connectivity index (χ3v) is 3.75. The molecule has 1 aromatic carbocycles. The molecule has 1 aromatic rings. The molecule has 1 rings (SSSR count). The topological polar surface area (TPSA) is 94.2 Å². The zero-order chi connectivity index (χ0) is 19.0. The van der Waals surface area contributed by atoms with Crippen molar-refractivity contribution in [2.45, 2.75) is 6.92 Å². The second-order valence-corrected chi connectivity index (χ2v) is 5.78. The van der Waals surface area contributed by atoms with Crippen LogP contribution in [-0.2, 0) is 14.3 Å². The first-order valence-electron chi connectivity index (χ1n) is 7.46. The van der Waals surface area contributed by atoms with Crippen LogP contribution in [0.5, 0.6) is 11.5 Å². The number of methoxy groups -OCH3 is 1. The molecule has 0 fully saturated rings. The molecular weight excluding hydrogens is 396 g/mol. The van der Waals surface area contributed by atoms with Crippen molar-refractivity contribution in [3.8, 4) is 11.5 Å². The summed E-state index contributed by atoms with van der Waals surface area (Å²) in [5.74, 6) is -0.655. The van der Waals surface area contributed by atoms with Crippen molar-refractivity contribution >= 4 is 33.7 Å². The number of amides is 2. The Balaban J connectivity index is 2.77. The molecule has 0 aliphatic carbocycles. The summed E-state index contributed by atoms with van der Waals surface area (Å²) in [7, 11) is 4.41. The van der Waals surface area contributed by atoms with Gasteiger partial charge in [0.15, 0.2) is 18.1 Å². The summed E-state index contributed by atoms with van der Waals surface area (Å²) in [6.45, 7) is 1.61. The third kappa shape index (κ3) is 5.93. The van der Waals surface area contributed by atoms with Gasteiger partial charge in [-0.1, -0.05) is 0 Å². The third-order valence-electron chi connectivity index (χ3n) is 3.16. The van der Waals surface area contributed by atoms with Crippen LogP contribution in [0.4, 0.5) is 0 Å². The van der Waals surface area contributed by atoms with Gasteiger partial charge in [0, 0.05) is 14.1 Å². The van der Waals surface area contributed by atoms with E-state index in [4.69, 9.17) is 14.2 Å². The van der Waals surface area contributed by atoms with Gasteiger partial charge in [-0.15, -0.1) is 0 Å². The van der Waals surface area contributed by atoms with Gasteiger partial charge in [-0.3, -0.25) is 9.59 Å². The number of carbonyl (C=O) groups is 3. The maximum Gasteiger partial charge on any atom is 0.338 e. The number of nitrogens with one attached hydrogen (secondary N) is 1. The highest BCUT2D eigenvalue weighted by Crippen LogP contribution is 2.36. The lowest BCUT2D eigenvalue weighted by Gasteiger charge is -2.16. The number of esters is 1. The number of hydrogen-bond acceptors (Lipinski definition) is 6. The van der Waals surface area contributed by atoms with Crippen LogP contribution in [0, 0.1) is 0 Å². The SMILES string of the molecule is CCOc1cc(C(=O)OCC(=O)N(C)CC(=O)NC)cc(Br)c1OC. The molecule has 0 bridgehead atoms. The average Bonchev–Trinajstić information content (AvgIpc) is 2.59. The Morgan fingerprint density at radius 2 is 1.96 bits per heavy atom. The molecule has 0 aliphatic rings. The van der Waals surface area contributed by atoms with E-state index in [1.54, 1.807) is 6.92 Å². The Morgan fingerprint density at radius 3 is 2.52 bits per heavy atom. The highest BCUT2D eigenvalue weighted by atomic mass is 79.9. The first kappa shape index (κ1) is 20.8. The molecule has 25 heavy (non-hydrogen) atoms. The molecule has 0 aliphatic heterocycles. The highest BCUT2D eigenvalue weighted by molar-refractivity contribution is 9.10. The Kier molecular flexibility index (Phi) is 8.20. The fourth-order valence-corrected chi connectivity index (χ4v) is 2.45. The van der Waals surface area contributed by atoms with Gasteiger partial charge < -0.3 is 24.4 Å². The summed E-state index contributed by atoms with van der Waals surface area (Å²) < 4.78 is 16.2. The summed E-state index contributed by atoms with van der Waals surface area (Å²) in [4.78, 5) is 36.5.